The van der Waals surface area contributed by atoms with Crippen molar-refractivity contribution < 1.29 is 14.7 Å². The Morgan fingerprint density at radius 3 is 2.61 bits per heavy atom. The number of carbonyl (C=O) groups is 2. The number of hydrogen-bond donors (Lipinski definition) is 2. The maximum absolute atomic E-state index is 13.0. The number of rotatable bonds is 6. The van der Waals surface area contributed by atoms with Crippen molar-refractivity contribution in [2.24, 2.45) is 7.05 Å². The molecule has 0 unspecified atom stereocenters. The summed E-state index contributed by atoms with van der Waals surface area (Å²) in [5.41, 5.74) is 4.64. The number of pyridine rings is 1. The highest BCUT2D eigenvalue weighted by atomic mass is 16.4. The van der Waals surface area contributed by atoms with E-state index in [0.29, 0.717) is 23.6 Å². The molecule has 0 aliphatic heterocycles. The number of aliphatic carboxylic acids is 1. The number of fused-ring (bicyclic) bond motifs is 1. The first-order chi connectivity index (χ1) is 13.4. The lowest BCUT2D eigenvalue weighted by atomic mass is 10.1. The molecule has 0 radical (unpaired) electrons. The van der Waals surface area contributed by atoms with E-state index in [1.54, 1.807) is 16.8 Å². The third-order valence-electron chi connectivity index (χ3n) is 5.07. The average Bonchev–Trinajstić information content (AvgIpc) is 3.47. The zero-order valence-corrected chi connectivity index (χ0v) is 15.9. The van der Waals surface area contributed by atoms with Gasteiger partial charge in [-0.05, 0) is 49.9 Å². The maximum atomic E-state index is 13.0. The van der Waals surface area contributed by atoms with Crippen LogP contribution in [0.25, 0.3) is 11.0 Å². The highest BCUT2D eigenvalue weighted by molar-refractivity contribution is 6.12. The maximum Gasteiger partial charge on any atom is 0.303 e. The molecule has 7 nitrogen and oxygen atoms in total. The van der Waals surface area contributed by atoms with Crippen LogP contribution in [0.3, 0.4) is 0 Å². The Hall–Kier alpha value is -3.22. The molecule has 4 rings (SSSR count). The summed E-state index contributed by atoms with van der Waals surface area (Å²) in [6.07, 6.45) is 2.77. The van der Waals surface area contributed by atoms with Gasteiger partial charge in [-0.3, -0.25) is 14.3 Å². The molecule has 28 heavy (non-hydrogen) atoms. The van der Waals surface area contributed by atoms with Crippen LogP contribution in [0.2, 0.25) is 0 Å². The molecule has 0 bridgehead atoms. The van der Waals surface area contributed by atoms with E-state index in [-0.39, 0.29) is 12.3 Å². The lowest BCUT2D eigenvalue weighted by Crippen LogP contribution is -2.13. The first-order valence-corrected chi connectivity index (χ1v) is 9.38. The number of carboxylic acids is 1. The fourth-order valence-corrected chi connectivity index (χ4v) is 3.44. The van der Waals surface area contributed by atoms with Gasteiger partial charge in [-0.2, -0.15) is 5.10 Å². The number of anilines is 1. The predicted octanol–water partition coefficient (Wildman–Crippen LogP) is 3.42. The lowest BCUT2D eigenvalue weighted by Gasteiger charge is -2.09. The number of carboxylic acid groups (broad SMARTS) is 1. The largest absolute Gasteiger partial charge is 0.481 e. The summed E-state index contributed by atoms with van der Waals surface area (Å²) in [4.78, 5) is 28.4. The minimum Gasteiger partial charge on any atom is -0.481 e. The minimum absolute atomic E-state index is 0.0882. The molecular formula is C21H22N4O3. The molecular weight excluding hydrogens is 356 g/mol. The summed E-state index contributed by atoms with van der Waals surface area (Å²) in [5, 5.41) is 16.9. The molecule has 1 saturated carbocycles. The Bertz CT molecular complexity index is 1070. The molecule has 7 heteroatoms. The van der Waals surface area contributed by atoms with Crippen molar-refractivity contribution in [3.8, 4) is 0 Å². The Kier molecular flexibility index (Phi) is 4.58. The Morgan fingerprint density at radius 2 is 1.96 bits per heavy atom. The average molecular weight is 378 g/mol. The van der Waals surface area contributed by atoms with Crippen molar-refractivity contribution >= 4 is 28.6 Å². The van der Waals surface area contributed by atoms with Gasteiger partial charge in [-0.1, -0.05) is 12.1 Å². The van der Waals surface area contributed by atoms with Crippen LogP contribution in [-0.4, -0.2) is 31.7 Å². The van der Waals surface area contributed by atoms with Crippen LogP contribution in [-0.2, 0) is 18.3 Å². The highest BCUT2D eigenvalue weighted by Crippen LogP contribution is 2.40. The molecule has 1 aromatic carbocycles. The van der Waals surface area contributed by atoms with E-state index < -0.39 is 5.97 Å². The standard InChI is InChI=1S/C21H22N4O3/c1-12-19-16(11-17(14-6-7-14)23-20(19)25(2)24-12)21(28)22-15-8-3-13(4-9-15)5-10-18(26)27/h3-4,8-9,11,14H,5-7,10H2,1-2H3,(H,22,28)(H,26,27). The van der Waals surface area contributed by atoms with E-state index in [1.165, 1.54) is 0 Å². The van der Waals surface area contributed by atoms with E-state index >= 15 is 0 Å². The molecule has 1 amide bonds. The number of hydrogen-bond acceptors (Lipinski definition) is 4. The van der Waals surface area contributed by atoms with Crippen molar-refractivity contribution in [2.75, 3.05) is 5.32 Å². The monoisotopic (exact) mass is 378 g/mol. The highest BCUT2D eigenvalue weighted by Gasteiger charge is 2.28. The number of amides is 1. The number of benzene rings is 1. The summed E-state index contributed by atoms with van der Waals surface area (Å²) < 4.78 is 1.73. The molecule has 144 valence electrons. The molecule has 3 aromatic rings. The van der Waals surface area contributed by atoms with Gasteiger partial charge in [0.2, 0.25) is 0 Å². The van der Waals surface area contributed by atoms with E-state index in [1.807, 2.05) is 32.2 Å². The predicted molar refractivity (Wildman–Crippen MR) is 106 cm³/mol. The van der Waals surface area contributed by atoms with E-state index in [2.05, 4.69) is 10.4 Å². The summed E-state index contributed by atoms with van der Waals surface area (Å²) in [6, 6.07) is 9.17. The Balaban J connectivity index is 1.61. The first-order valence-electron chi connectivity index (χ1n) is 9.38. The molecule has 0 saturated heterocycles. The Labute approximate surface area is 162 Å². The molecule has 2 aromatic heterocycles. The van der Waals surface area contributed by atoms with Crippen molar-refractivity contribution in [1.82, 2.24) is 14.8 Å². The molecule has 1 fully saturated rings. The molecule has 2 heterocycles. The molecule has 1 aliphatic rings. The summed E-state index contributed by atoms with van der Waals surface area (Å²) in [5.74, 6) is -0.583. The van der Waals surface area contributed by atoms with Gasteiger partial charge in [0.05, 0.1) is 16.6 Å². The molecule has 0 atom stereocenters. The zero-order valence-electron chi connectivity index (χ0n) is 15.9. The van der Waals surface area contributed by atoms with Gasteiger partial charge in [0.1, 0.15) is 0 Å². The minimum atomic E-state index is -0.822. The third-order valence-corrected chi connectivity index (χ3v) is 5.07. The third kappa shape index (κ3) is 3.60. The van der Waals surface area contributed by atoms with Gasteiger partial charge >= 0.3 is 5.97 Å². The zero-order chi connectivity index (χ0) is 19.8. The molecule has 0 spiro atoms. The fraction of sp³-hybridized carbons (Fsp3) is 0.333. The van der Waals surface area contributed by atoms with Gasteiger partial charge in [-0.15, -0.1) is 0 Å². The SMILES string of the molecule is Cc1nn(C)c2nc(C3CC3)cc(C(=O)Nc3ccc(CCC(=O)O)cc3)c12. The summed E-state index contributed by atoms with van der Waals surface area (Å²) in [6.45, 7) is 1.88. The number of aryl methyl sites for hydroxylation is 3. The second kappa shape index (κ2) is 7.07. The van der Waals surface area contributed by atoms with E-state index in [0.717, 1.165) is 40.8 Å². The molecule has 2 N–H and O–H groups in total. The van der Waals surface area contributed by atoms with Crippen LogP contribution < -0.4 is 5.32 Å². The van der Waals surface area contributed by atoms with Crippen LogP contribution in [0, 0.1) is 6.92 Å². The summed E-state index contributed by atoms with van der Waals surface area (Å²) in [7, 11) is 1.84. The Morgan fingerprint density at radius 1 is 1.25 bits per heavy atom. The number of nitrogens with one attached hydrogen (secondary N) is 1. The fourth-order valence-electron chi connectivity index (χ4n) is 3.44. The van der Waals surface area contributed by atoms with E-state index in [9.17, 15) is 9.59 Å². The van der Waals surface area contributed by atoms with Crippen molar-refractivity contribution in [1.29, 1.82) is 0 Å². The van der Waals surface area contributed by atoms with E-state index in [4.69, 9.17) is 10.1 Å². The topological polar surface area (TPSA) is 97.1 Å². The smallest absolute Gasteiger partial charge is 0.303 e. The normalized spacial score (nSPS) is 13.6. The van der Waals surface area contributed by atoms with Gasteiger partial charge in [0.25, 0.3) is 5.91 Å². The van der Waals surface area contributed by atoms with Crippen LogP contribution in [0.1, 0.15) is 52.5 Å². The second-order valence-corrected chi connectivity index (χ2v) is 7.32. The van der Waals surface area contributed by atoms with Gasteiger partial charge in [0.15, 0.2) is 5.65 Å². The van der Waals surface area contributed by atoms with Crippen LogP contribution in [0.4, 0.5) is 5.69 Å². The molecule has 1 aliphatic carbocycles. The lowest BCUT2D eigenvalue weighted by molar-refractivity contribution is -0.136. The van der Waals surface area contributed by atoms with Crippen molar-refractivity contribution in [3.63, 3.8) is 0 Å². The number of aromatic nitrogens is 3. The van der Waals surface area contributed by atoms with Crippen LogP contribution in [0.5, 0.6) is 0 Å². The van der Waals surface area contributed by atoms with Gasteiger partial charge < -0.3 is 10.4 Å². The quantitative estimate of drug-likeness (QED) is 0.685. The van der Waals surface area contributed by atoms with Gasteiger partial charge in [-0.25, -0.2) is 4.98 Å². The summed E-state index contributed by atoms with van der Waals surface area (Å²) >= 11 is 0. The van der Waals surface area contributed by atoms with Crippen LogP contribution in [0.15, 0.2) is 30.3 Å². The van der Waals surface area contributed by atoms with Crippen molar-refractivity contribution in [3.05, 3.63) is 52.8 Å². The van der Waals surface area contributed by atoms with Crippen molar-refractivity contribution in [2.45, 2.75) is 38.5 Å². The second-order valence-electron chi connectivity index (χ2n) is 7.32. The number of carbonyl (C=O) groups excluding carboxylic acids is 1. The van der Waals surface area contributed by atoms with Gasteiger partial charge in [0, 0.05) is 30.8 Å². The van der Waals surface area contributed by atoms with Crippen LogP contribution >= 0.6 is 0 Å². The first kappa shape index (κ1) is 18.2. The number of nitrogens with zero attached hydrogens (tertiary/aromatic N) is 3.